The summed E-state index contributed by atoms with van der Waals surface area (Å²) in [6, 6.07) is 19.1. The molecule has 0 bridgehead atoms. The second-order valence-electron chi connectivity index (χ2n) is 6.90. The van der Waals surface area contributed by atoms with Gasteiger partial charge in [-0.2, -0.15) is 0 Å². The van der Waals surface area contributed by atoms with E-state index in [0.717, 1.165) is 31.6 Å². The molecule has 6 nitrogen and oxygen atoms in total. The van der Waals surface area contributed by atoms with E-state index < -0.39 is 10.8 Å². The van der Waals surface area contributed by atoms with Gasteiger partial charge in [0.2, 0.25) is 0 Å². The number of imide groups is 1. The van der Waals surface area contributed by atoms with Gasteiger partial charge in [-0.15, -0.1) is 0 Å². The Balaban J connectivity index is 1.58. The summed E-state index contributed by atoms with van der Waals surface area (Å²) in [5.74, 6) is -0.428. The number of carbonyl (C=O) groups is 2. The molecular formula is C23H14BrClN2O4S2. The molecule has 0 unspecified atom stereocenters. The van der Waals surface area contributed by atoms with E-state index in [1.54, 1.807) is 36.4 Å². The predicted octanol–water partition coefficient (Wildman–Crippen LogP) is 7.40. The highest BCUT2D eigenvalue weighted by Crippen LogP contribution is 2.38. The fourth-order valence-electron chi connectivity index (χ4n) is 3.07. The molecule has 0 N–H and O–H groups in total. The Morgan fingerprint density at radius 1 is 1.09 bits per heavy atom. The molecule has 0 aliphatic carbocycles. The Kier molecular flexibility index (Phi) is 7.23. The van der Waals surface area contributed by atoms with E-state index in [4.69, 9.17) is 11.6 Å². The quantitative estimate of drug-likeness (QED) is 0.177. The molecule has 0 radical (unpaired) electrons. The van der Waals surface area contributed by atoms with E-state index in [2.05, 4.69) is 15.9 Å². The number of amides is 2. The van der Waals surface area contributed by atoms with Gasteiger partial charge in [0.25, 0.3) is 16.8 Å². The molecule has 0 saturated carbocycles. The molecule has 33 heavy (non-hydrogen) atoms. The molecule has 0 spiro atoms. The van der Waals surface area contributed by atoms with Crippen molar-refractivity contribution >= 4 is 74.0 Å². The van der Waals surface area contributed by atoms with Gasteiger partial charge in [0.05, 0.1) is 21.3 Å². The number of hydrogen-bond acceptors (Lipinski definition) is 6. The van der Waals surface area contributed by atoms with Crippen molar-refractivity contribution in [2.75, 3.05) is 0 Å². The van der Waals surface area contributed by atoms with Crippen molar-refractivity contribution < 1.29 is 14.5 Å². The number of benzene rings is 3. The predicted molar refractivity (Wildman–Crippen MR) is 134 cm³/mol. The van der Waals surface area contributed by atoms with Crippen LogP contribution in [-0.2, 0) is 11.3 Å². The first-order valence-corrected chi connectivity index (χ1v) is 12.3. The lowest BCUT2D eigenvalue weighted by atomic mass is 10.1. The van der Waals surface area contributed by atoms with Crippen LogP contribution < -0.4 is 0 Å². The van der Waals surface area contributed by atoms with Crippen LogP contribution in [0.25, 0.3) is 6.08 Å². The Hall–Kier alpha value is -2.59. The van der Waals surface area contributed by atoms with Gasteiger partial charge >= 0.3 is 0 Å². The number of halogens is 2. The summed E-state index contributed by atoms with van der Waals surface area (Å²) < 4.78 is 0.803. The molecule has 2 amide bonds. The lowest BCUT2D eigenvalue weighted by Gasteiger charge is -2.13. The Morgan fingerprint density at radius 2 is 1.82 bits per heavy atom. The molecule has 1 fully saturated rings. The second-order valence-corrected chi connectivity index (χ2v) is 10.3. The summed E-state index contributed by atoms with van der Waals surface area (Å²) in [6.07, 6.45) is 1.51. The van der Waals surface area contributed by atoms with Crippen molar-refractivity contribution in [1.82, 2.24) is 4.90 Å². The lowest BCUT2D eigenvalue weighted by Crippen LogP contribution is -2.27. The van der Waals surface area contributed by atoms with E-state index in [-0.39, 0.29) is 22.4 Å². The number of hydrogen-bond donors (Lipinski definition) is 0. The van der Waals surface area contributed by atoms with Gasteiger partial charge in [0, 0.05) is 20.5 Å². The fourth-order valence-corrected chi connectivity index (χ4v) is 5.34. The highest BCUT2D eigenvalue weighted by molar-refractivity contribution is 9.10. The van der Waals surface area contributed by atoms with E-state index in [9.17, 15) is 19.7 Å². The molecule has 3 aromatic rings. The van der Waals surface area contributed by atoms with Gasteiger partial charge in [0.1, 0.15) is 0 Å². The van der Waals surface area contributed by atoms with Gasteiger partial charge < -0.3 is 0 Å². The fraction of sp³-hybridized carbons (Fsp3) is 0.0435. The molecule has 1 saturated heterocycles. The summed E-state index contributed by atoms with van der Waals surface area (Å²) in [4.78, 5) is 39.1. The van der Waals surface area contributed by atoms with Gasteiger partial charge in [-0.1, -0.05) is 63.6 Å². The number of nitro groups is 1. The Morgan fingerprint density at radius 3 is 2.52 bits per heavy atom. The molecule has 4 rings (SSSR count). The summed E-state index contributed by atoms with van der Waals surface area (Å²) in [7, 11) is 0. The summed E-state index contributed by atoms with van der Waals surface area (Å²) >= 11 is 11.4. The smallest absolute Gasteiger partial charge is 0.268 e. The third-order valence-electron chi connectivity index (χ3n) is 4.68. The molecule has 166 valence electrons. The second kappa shape index (κ2) is 10.1. The molecule has 0 aromatic heterocycles. The first-order valence-electron chi connectivity index (χ1n) is 9.52. The van der Waals surface area contributed by atoms with Crippen LogP contribution >= 0.6 is 51.1 Å². The highest BCUT2D eigenvalue weighted by Gasteiger charge is 2.35. The van der Waals surface area contributed by atoms with Crippen molar-refractivity contribution in [3.63, 3.8) is 0 Å². The van der Waals surface area contributed by atoms with E-state index in [1.165, 1.54) is 23.9 Å². The zero-order chi connectivity index (χ0) is 23.5. The Bertz CT molecular complexity index is 1300. The van der Waals surface area contributed by atoms with Gasteiger partial charge in [-0.05, 0) is 65.4 Å². The zero-order valence-corrected chi connectivity index (χ0v) is 20.7. The van der Waals surface area contributed by atoms with Crippen LogP contribution in [-0.4, -0.2) is 21.0 Å². The average Bonchev–Trinajstić information content (AvgIpc) is 3.05. The lowest BCUT2D eigenvalue weighted by molar-refractivity contribution is -0.387. The molecular weight excluding hydrogens is 548 g/mol. The standard InChI is InChI=1S/C23H14BrClN2O4S2/c24-18-4-2-1-3-15(18)13-26-22(28)21(33-23(26)29)12-14-5-10-20(19(11-14)27(30)31)32-17-8-6-16(25)7-9-17/h1-12H,13H2/b21-12-. The van der Waals surface area contributed by atoms with Crippen LogP contribution in [0.15, 0.2) is 85.9 Å². The SMILES string of the molecule is O=C1S/C(=C\c2ccc(Sc3ccc(Cl)cc3)c([N+](=O)[O-])c2)C(=O)N1Cc1ccccc1Br. The number of carbonyl (C=O) groups excluding carboxylic acids is 2. The van der Waals surface area contributed by atoms with Crippen molar-refractivity contribution in [3.8, 4) is 0 Å². The molecule has 1 aliphatic rings. The maximum Gasteiger partial charge on any atom is 0.293 e. The highest BCUT2D eigenvalue weighted by atomic mass is 79.9. The van der Waals surface area contributed by atoms with Crippen LogP contribution in [0, 0.1) is 10.1 Å². The van der Waals surface area contributed by atoms with Crippen molar-refractivity contribution in [1.29, 1.82) is 0 Å². The van der Waals surface area contributed by atoms with Crippen molar-refractivity contribution in [2.24, 2.45) is 0 Å². The zero-order valence-electron chi connectivity index (χ0n) is 16.7. The molecule has 10 heteroatoms. The maximum atomic E-state index is 12.8. The van der Waals surface area contributed by atoms with Crippen LogP contribution in [0.5, 0.6) is 0 Å². The maximum absolute atomic E-state index is 12.8. The minimum absolute atomic E-state index is 0.0869. The first-order chi connectivity index (χ1) is 15.8. The number of nitro benzene ring substituents is 1. The van der Waals surface area contributed by atoms with Crippen LogP contribution in [0.1, 0.15) is 11.1 Å². The number of thioether (sulfide) groups is 1. The summed E-state index contributed by atoms with van der Waals surface area (Å²) in [6.45, 7) is 0.139. The summed E-state index contributed by atoms with van der Waals surface area (Å²) in [5, 5.41) is 11.9. The van der Waals surface area contributed by atoms with E-state index in [1.807, 2.05) is 24.3 Å². The third kappa shape index (κ3) is 5.50. The van der Waals surface area contributed by atoms with Gasteiger partial charge in [-0.25, -0.2) is 0 Å². The van der Waals surface area contributed by atoms with Crippen LogP contribution in [0.4, 0.5) is 10.5 Å². The Labute approximate surface area is 211 Å². The van der Waals surface area contributed by atoms with Crippen molar-refractivity contribution in [2.45, 2.75) is 16.3 Å². The normalized spacial score (nSPS) is 14.8. The molecule has 1 aliphatic heterocycles. The third-order valence-corrected chi connectivity index (χ3v) is 7.68. The minimum atomic E-state index is -0.464. The van der Waals surface area contributed by atoms with Gasteiger partial charge in [0.15, 0.2) is 0 Å². The average molecular weight is 562 g/mol. The first kappa shape index (κ1) is 23.6. The largest absolute Gasteiger partial charge is 0.293 e. The molecule has 0 atom stereocenters. The van der Waals surface area contributed by atoms with Gasteiger partial charge in [-0.3, -0.25) is 24.6 Å². The summed E-state index contributed by atoms with van der Waals surface area (Å²) in [5.41, 5.74) is 1.19. The number of nitrogens with zero attached hydrogens (tertiary/aromatic N) is 2. The van der Waals surface area contributed by atoms with Crippen LogP contribution in [0.2, 0.25) is 5.02 Å². The minimum Gasteiger partial charge on any atom is -0.268 e. The molecule has 3 aromatic carbocycles. The topological polar surface area (TPSA) is 80.5 Å². The molecule has 1 heterocycles. The van der Waals surface area contributed by atoms with E-state index in [0.29, 0.717) is 15.5 Å². The van der Waals surface area contributed by atoms with Crippen molar-refractivity contribution in [3.05, 3.63) is 102 Å². The monoisotopic (exact) mass is 560 g/mol. The number of rotatable bonds is 6. The van der Waals surface area contributed by atoms with Crippen LogP contribution in [0.3, 0.4) is 0 Å². The van der Waals surface area contributed by atoms with E-state index >= 15 is 0 Å².